The number of amides is 2. The van der Waals surface area contributed by atoms with Gasteiger partial charge in [0.1, 0.15) is 12.4 Å². The Hall–Kier alpha value is -3.26. The molecule has 2 N–H and O–H groups in total. The zero-order chi connectivity index (χ0) is 22.1. The van der Waals surface area contributed by atoms with Crippen LogP contribution in [0.4, 0.5) is 0 Å². The standard InChI is InChI=1S/C23H28N2O6/c1-28-20-10-7-17(12-21(20)29-2)23(27)25-14-22(26)24-13-16-5-8-18(9-6-16)31-15-19-4-3-11-30-19/h5-10,12,19H,3-4,11,13-15H2,1-2H3,(H,24,26)(H,25,27). The smallest absolute Gasteiger partial charge is 0.251 e. The molecule has 0 saturated carbocycles. The van der Waals surface area contributed by atoms with Crippen molar-refractivity contribution in [3.05, 3.63) is 53.6 Å². The van der Waals surface area contributed by atoms with Crippen molar-refractivity contribution < 1.29 is 28.5 Å². The van der Waals surface area contributed by atoms with Crippen LogP contribution in [0.2, 0.25) is 0 Å². The number of hydrogen-bond donors (Lipinski definition) is 2. The number of carbonyl (C=O) groups is 2. The lowest BCUT2D eigenvalue weighted by molar-refractivity contribution is -0.120. The molecule has 1 atom stereocenters. The van der Waals surface area contributed by atoms with Gasteiger partial charge in [-0.1, -0.05) is 12.1 Å². The Balaban J connectivity index is 1.40. The lowest BCUT2D eigenvalue weighted by Crippen LogP contribution is -2.36. The van der Waals surface area contributed by atoms with Crippen molar-refractivity contribution >= 4 is 11.8 Å². The van der Waals surface area contributed by atoms with Gasteiger partial charge in [0.2, 0.25) is 5.91 Å². The van der Waals surface area contributed by atoms with Gasteiger partial charge in [0.05, 0.1) is 26.9 Å². The van der Waals surface area contributed by atoms with E-state index in [4.69, 9.17) is 18.9 Å². The minimum Gasteiger partial charge on any atom is -0.493 e. The molecule has 0 spiro atoms. The summed E-state index contributed by atoms with van der Waals surface area (Å²) < 4.78 is 21.6. The van der Waals surface area contributed by atoms with E-state index in [2.05, 4.69) is 10.6 Å². The van der Waals surface area contributed by atoms with Crippen molar-refractivity contribution in [1.29, 1.82) is 0 Å². The highest BCUT2D eigenvalue weighted by Crippen LogP contribution is 2.27. The molecule has 1 aliphatic heterocycles. The predicted octanol–water partition coefficient (Wildman–Crippen LogP) is 2.31. The lowest BCUT2D eigenvalue weighted by Gasteiger charge is -2.12. The number of ether oxygens (including phenoxy) is 4. The summed E-state index contributed by atoms with van der Waals surface area (Å²) in [6.07, 6.45) is 2.29. The van der Waals surface area contributed by atoms with Gasteiger partial charge in [0.15, 0.2) is 11.5 Å². The third-order valence-electron chi connectivity index (χ3n) is 4.93. The molecule has 8 heteroatoms. The molecule has 1 aliphatic rings. The Morgan fingerprint density at radius 1 is 1.03 bits per heavy atom. The van der Waals surface area contributed by atoms with Gasteiger partial charge in [-0.15, -0.1) is 0 Å². The maximum Gasteiger partial charge on any atom is 0.251 e. The fraction of sp³-hybridized carbons (Fsp3) is 0.391. The highest BCUT2D eigenvalue weighted by atomic mass is 16.5. The fourth-order valence-corrected chi connectivity index (χ4v) is 3.17. The summed E-state index contributed by atoms with van der Waals surface area (Å²) in [7, 11) is 3.02. The second-order valence-electron chi connectivity index (χ2n) is 7.12. The van der Waals surface area contributed by atoms with Gasteiger partial charge < -0.3 is 29.6 Å². The minimum absolute atomic E-state index is 0.129. The van der Waals surface area contributed by atoms with E-state index in [0.29, 0.717) is 30.2 Å². The number of nitrogens with one attached hydrogen (secondary N) is 2. The van der Waals surface area contributed by atoms with Crippen molar-refractivity contribution in [3.63, 3.8) is 0 Å². The normalized spacial score (nSPS) is 15.2. The predicted molar refractivity (Wildman–Crippen MR) is 115 cm³/mol. The monoisotopic (exact) mass is 428 g/mol. The first-order valence-corrected chi connectivity index (χ1v) is 10.2. The van der Waals surface area contributed by atoms with E-state index in [1.54, 1.807) is 18.2 Å². The third kappa shape index (κ3) is 6.62. The summed E-state index contributed by atoms with van der Waals surface area (Å²) >= 11 is 0. The molecule has 8 nitrogen and oxygen atoms in total. The Kier molecular flexibility index (Phi) is 8.12. The van der Waals surface area contributed by atoms with E-state index in [9.17, 15) is 9.59 Å². The van der Waals surface area contributed by atoms with Crippen LogP contribution in [0.5, 0.6) is 17.2 Å². The second kappa shape index (κ2) is 11.2. The molecule has 1 fully saturated rings. The first kappa shape index (κ1) is 22.4. The van der Waals surface area contributed by atoms with Crippen molar-refractivity contribution in [2.24, 2.45) is 0 Å². The average molecular weight is 428 g/mol. The van der Waals surface area contributed by atoms with Crippen molar-refractivity contribution in [3.8, 4) is 17.2 Å². The molecule has 1 saturated heterocycles. The van der Waals surface area contributed by atoms with Gasteiger partial charge in [-0.05, 0) is 48.7 Å². The average Bonchev–Trinajstić information content (AvgIpc) is 3.33. The first-order valence-electron chi connectivity index (χ1n) is 10.2. The fourth-order valence-electron chi connectivity index (χ4n) is 3.17. The summed E-state index contributed by atoms with van der Waals surface area (Å²) in [5.74, 6) is 1.09. The molecular weight excluding hydrogens is 400 g/mol. The van der Waals surface area contributed by atoms with Crippen LogP contribution in [0.15, 0.2) is 42.5 Å². The summed E-state index contributed by atoms with van der Waals surface area (Å²) in [5.41, 5.74) is 1.31. The third-order valence-corrected chi connectivity index (χ3v) is 4.93. The van der Waals surface area contributed by atoms with Crippen LogP contribution in [-0.2, 0) is 16.1 Å². The van der Waals surface area contributed by atoms with Crippen LogP contribution in [-0.4, -0.2) is 51.9 Å². The molecule has 2 aromatic carbocycles. The lowest BCUT2D eigenvalue weighted by atomic mass is 10.2. The molecule has 31 heavy (non-hydrogen) atoms. The molecular formula is C23H28N2O6. The molecule has 1 heterocycles. The maximum absolute atomic E-state index is 12.3. The number of rotatable bonds is 10. The number of carbonyl (C=O) groups excluding carboxylic acids is 2. The molecule has 0 aliphatic carbocycles. The van der Waals surface area contributed by atoms with Crippen molar-refractivity contribution in [2.45, 2.75) is 25.5 Å². The second-order valence-corrected chi connectivity index (χ2v) is 7.12. The number of hydrogen-bond acceptors (Lipinski definition) is 6. The first-order chi connectivity index (χ1) is 15.1. The number of methoxy groups -OCH3 is 2. The minimum atomic E-state index is -0.371. The van der Waals surface area contributed by atoms with E-state index in [0.717, 1.165) is 30.8 Å². The molecule has 166 valence electrons. The van der Waals surface area contributed by atoms with E-state index in [1.165, 1.54) is 14.2 Å². The van der Waals surface area contributed by atoms with Gasteiger partial charge in [-0.25, -0.2) is 0 Å². The van der Waals surface area contributed by atoms with Crippen LogP contribution < -0.4 is 24.8 Å². The summed E-state index contributed by atoms with van der Waals surface area (Å²) in [6, 6.07) is 12.3. The highest BCUT2D eigenvalue weighted by molar-refractivity contribution is 5.97. The summed E-state index contributed by atoms with van der Waals surface area (Å²) in [5, 5.41) is 5.38. The summed E-state index contributed by atoms with van der Waals surface area (Å²) in [6.45, 7) is 1.59. The van der Waals surface area contributed by atoms with Crippen LogP contribution in [0.1, 0.15) is 28.8 Å². The van der Waals surface area contributed by atoms with Crippen LogP contribution in [0, 0.1) is 0 Å². The Bertz CT molecular complexity index is 878. The zero-order valence-corrected chi connectivity index (χ0v) is 17.8. The van der Waals surface area contributed by atoms with Crippen LogP contribution in [0.3, 0.4) is 0 Å². The van der Waals surface area contributed by atoms with E-state index in [1.807, 2.05) is 24.3 Å². The SMILES string of the molecule is COc1ccc(C(=O)NCC(=O)NCc2ccc(OCC3CCCO3)cc2)cc1OC. The molecule has 1 unspecified atom stereocenters. The van der Waals surface area contributed by atoms with Gasteiger partial charge >= 0.3 is 0 Å². The van der Waals surface area contributed by atoms with E-state index in [-0.39, 0.29) is 24.5 Å². The summed E-state index contributed by atoms with van der Waals surface area (Å²) in [4.78, 5) is 24.4. The van der Waals surface area contributed by atoms with E-state index >= 15 is 0 Å². The Morgan fingerprint density at radius 2 is 1.81 bits per heavy atom. The van der Waals surface area contributed by atoms with E-state index < -0.39 is 0 Å². The van der Waals surface area contributed by atoms with Crippen molar-refractivity contribution in [1.82, 2.24) is 10.6 Å². The molecule has 0 radical (unpaired) electrons. The van der Waals surface area contributed by atoms with Crippen molar-refractivity contribution in [2.75, 3.05) is 34.0 Å². The maximum atomic E-state index is 12.3. The topological polar surface area (TPSA) is 95.1 Å². The van der Waals surface area contributed by atoms with Crippen LogP contribution >= 0.6 is 0 Å². The van der Waals surface area contributed by atoms with Gasteiger partial charge in [-0.2, -0.15) is 0 Å². The molecule has 0 bridgehead atoms. The largest absolute Gasteiger partial charge is 0.493 e. The highest BCUT2D eigenvalue weighted by Gasteiger charge is 2.16. The Labute approximate surface area is 181 Å². The molecule has 3 rings (SSSR count). The van der Waals surface area contributed by atoms with Gasteiger partial charge in [-0.3, -0.25) is 9.59 Å². The molecule has 0 aromatic heterocycles. The quantitative estimate of drug-likeness (QED) is 0.603. The molecule has 2 amide bonds. The zero-order valence-electron chi connectivity index (χ0n) is 17.8. The van der Waals surface area contributed by atoms with Crippen LogP contribution in [0.25, 0.3) is 0 Å². The van der Waals surface area contributed by atoms with Gasteiger partial charge in [0.25, 0.3) is 5.91 Å². The van der Waals surface area contributed by atoms with Gasteiger partial charge in [0, 0.05) is 18.7 Å². The molecule has 2 aromatic rings. The Morgan fingerprint density at radius 3 is 2.48 bits per heavy atom. The number of benzene rings is 2.